The molecule has 3 heterocycles. The van der Waals surface area contributed by atoms with Gasteiger partial charge in [0.15, 0.2) is 5.82 Å². The van der Waals surface area contributed by atoms with Crippen LogP contribution in [0.15, 0.2) is 123 Å². The van der Waals surface area contributed by atoms with Gasteiger partial charge in [-0.15, -0.1) is 33.3 Å². The van der Waals surface area contributed by atoms with Gasteiger partial charge in [0.25, 0.3) is 0 Å². The summed E-state index contributed by atoms with van der Waals surface area (Å²) >= 11 is 8.41. The minimum atomic E-state index is 0.195. The Morgan fingerprint density at radius 3 is 2.33 bits per heavy atom. The van der Waals surface area contributed by atoms with Gasteiger partial charge in [-0.1, -0.05) is 76.6 Å². The van der Waals surface area contributed by atoms with Crippen molar-refractivity contribution >= 4 is 61.0 Å². The Kier molecular flexibility index (Phi) is 9.81. The van der Waals surface area contributed by atoms with Gasteiger partial charge < -0.3 is 9.47 Å². The van der Waals surface area contributed by atoms with E-state index in [4.69, 9.17) is 24.5 Å². The van der Waals surface area contributed by atoms with E-state index in [0.29, 0.717) is 22.5 Å². The van der Waals surface area contributed by atoms with Crippen LogP contribution >= 0.6 is 50.8 Å². The summed E-state index contributed by atoms with van der Waals surface area (Å²) in [7, 11) is 1.67. The van der Waals surface area contributed by atoms with Gasteiger partial charge in [-0.3, -0.25) is 4.57 Å². The van der Waals surface area contributed by atoms with E-state index in [2.05, 4.69) is 65.2 Å². The van der Waals surface area contributed by atoms with Crippen LogP contribution < -0.4 is 9.47 Å². The van der Waals surface area contributed by atoms with Crippen molar-refractivity contribution in [3.05, 3.63) is 130 Å². The highest BCUT2D eigenvalue weighted by Crippen LogP contribution is 2.40. The van der Waals surface area contributed by atoms with Crippen LogP contribution in [0.25, 0.3) is 27.0 Å². The van der Waals surface area contributed by atoms with Gasteiger partial charge in [-0.2, -0.15) is 0 Å². The van der Waals surface area contributed by atoms with Crippen molar-refractivity contribution in [1.82, 2.24) is 24.7 Å². The zero-order valence-electron chi connectivity index (χ0n) is 26.4. The number of aryl methyl sites for hydroxylation is 2. The van der Waals surface area contributed by atoms with Gasteiger partial charge in [0, 0.05) is 25.2 Å². The number of benzene rings is 4. The zero-order valence-corrected chi connectivity index (χ0v) is 30.4. The first kappa shape index (κ1) is 32.4. The van der Waals surface area contributed by atoms with Gasteiger partial charge in [0.1, 0.15) is 33.8 Å². The number of para-hydroxylation sites is 3. The van der Waals surface area contributed by atoms with Crippen LogP contribution in [0, 0.1) is 13.8 Å². The number of thioether (sulfide) groups is 1. The average molecular weight is 753 g/mol. The fourth-order valence-electron chi connectivity index (χ4n) is 5.27. The number of hydrogen-bond acceptors (Lipinski definition) is 9. The van der Waals surface area contributed by atoms with E-state index >= 15 is 0 Å². The fourth-order valence-corrected chi connectivity index (χ4v) is 8.45. The van der Waals surface area contributed by atoms with Crippen molar-refractivity contribution in [3.8, 4) is 28.3 Å². The Hall–Kier alpha value is -4.16. The summed E-state index contributed by atoms with van der Waals surface area (Å²) in [5.41, 5.74) is 4.08. The highest BCUT2D eigenvalue weighted by Gasteiger charge is 2.23. The summed E-state index contributed by atoms with van der Waals surface area (Å²) in [6.07, 6.45) is 0. The normalized spacial score (nSPS) is 11.2. The number of fused-ring (bicyclic) bond motifs is 1. The highest BCUT2D eigenvalue weighted by molar-refractivity contribution is 9.10. The minimum Gasteiger partial charge on any atom is -0.495 e. The third-order valence-electron chi connectivity index (χ3n) is 7.77. The Labute approximate surface area is 299 Å². The van der Waals surface area contributed by atoms with Gasteiger partial charge in [0.05, 0.1) is 18.6 Å². The molecule has 0 aliphatic heterocycles. The predicted molar refractivity (Wildman–Crippen MR) is 199 cm³/mol. The molecule has 0 atom stereocenters. The first-order chi connectivity index (χ1) is 23.5. The SMILES string of the molecule is COc1ccccc1-n1c(COc2ccccc2-c2ccccc2)nnc1Sc1nc(CSc2ccc(Br)cc2)nc2sc(C)c(C)c12. The minimum absolute atomic E-state index is 0.195. The molecule has 7 aromatic rings. The summed E-state index contributed by atoms with van der Waals surface area (Å²) in [5, 5.41) is 11.9. The second kappa shape index (κ2) is 14.5. The van der Waals surface area contributed by atoms with E-state index < -0.39 is 0 Å². The molecule has 7 rings (SSSR count). The molecular formula is C37H30BrN5O2S3. The van der Waals surface area contributed by atoms with Crippen LogP contribution in [0.1, 0.15) is 22.1 Å². The molecule has 4 aromatic carbocycles. The Morgan fingerprint density at radius 1 is 0.812 bits per heavy atom. The lowest BCUT2D eigenvalue weighted by Crippen LogP contribution is -2.08. The molecular weight excluding hydrogens is 723 g/mol. The summed E-state index contributed by atoms with van der Waals surface area (Å²) in [4.78, 5) is 13.4. The van der Waals surface area contributed by atoms with Crippen molar-refractivity contribution in [2.24, 2.45) is 0 Å². The molecule has 0 amide bonds. The van der Waals surface area contributed by atoms with Gasteiger partial charge in [-0.05, 0) is 79.2 Å². The standard InChI is InChI=1S/C37H30BrN5O2S3/c1-23-24(2)47-35-34(23)36(40-32(39-35)22-46-27-19-17-26(38)18-20-27)48-37-42-41-33(43(37)29-14-8-10-16-31(29)44-3)21-45-30-15-9-7-13-28(30)25-11-5-4-6-12-25/h4-20H,21-22H2,1-3H3. The molecule has 0 N–H and O–H groups in total. The quantitative estimate of drug-likeness (QED) is 0.0955. The number of methoxy groups -OCH3 is 1. The third-order valence-corrected chi connectivity index (χ3v) is 11.3. The summed E-state index contributed by atoms with van der Waals surface area (Å²) < 4.78 is 15.3. The molecule has 0 unspecified atom stereocenters. The molecule has 0 aliphatic rings. The molecule has 0 spiro atoms. The number of rotatable bonds is 11. The topological polar surface area (TPSA) is 75.0 Å². The molecule has 240 valence electrons. The van der Waals surface area contributed by atoms with E-state index in [-0.39, 0.29) is 6.61 Å². The molecule has 11 heteroatoms. The second-order valence-corrected chi connectivity index (χ2v) is 14.9. The van der Waals surface area contributed by atoms with Crippen LogP contribution in [-0.2, 0) is 12.4 Å². The molecule has 3 aromatic heterocycles. The Balaban J connectivity index is 1.26. The van der Waals surface area contributed by atoms with Gasteiger partial charge in [0.2, 0.25) is 5.16 Å². The van der Waals surface area contributed by atoms with E-state index in [1.807, 2.05) is 77.4 Å². The molecule has 0 saturated carbocycles. The fraction of sp³-hybridized carbons (Fsp3) is 0.135. The number of thiophene rings is 1. The maximum absolute atomic E-state index is 6.47. The lowest BCUT2D eigenvalue weighted by molar-refractivity contribution is 0.293. The van der Waals surface area contributed by atoms with Crippen LogP contribution in [0.4, 0.5) is 0 Å². The largest absolute Gasteiger partial charge is 0.495 e. The van der Waals surface area contributed by atoms with Crippen molar-refractivity contribution in [1.29, 1.82) is 0 Å². The Morgan fingerprint density at radius 2 is 1.54 bits per heavy atom. The second-order valence-electron chi connectivity index (χ2n) is 10.8. The molecule has 48 heavy (non-hydrogen) atoms. The average Bonchev–Trinajstić information content (AvgIpc) is 3.65. The first-order valence-corrected chi connectivity index (χ1v) is 18.6. The van der Waals surface area contributed by atoms with Crippen LogP contribution in [0.2, 0.25) is 0 Å². The maximum atomic E-state index is 6.47. The van der Waals surface area contributed by atoms with E-state index in [0.717, 1.165) is 53.0 Å². The van der Waals surface area contributed by atoms with Crippen molar-refractivity contribution < 1.29 is 9.47 Å². The molecule has 0 bridgehead atoms. The molecule has 7 nitrogen and oxygen atoms in total. The zero-order chi connectivity index (χ0) is 33.0. The molecule has 0 radical (unpaired) electrons. The number of ether oxygens (including phenoxy) is 2. The number of aromatic nitrogens is 5. The van der Waals surface area contributed by atoms with Gasteiger partial charge in [-0.25, -0.2) is 9.97 Å². The van der Waals surface area contributed by atoms with E-state index in [9.17, 15) is 0 Å². The van der Waals surface area contributed by atoms with Crippen LogP contribution in [0.3, 0.4) is 0 Å². The predicted octanol–water partition coefficient (Wildman–Crippen LogP) is 10.3. The maximum Gasteiger partial charge on any atom is 0.202 e. The van der Waals surface area contributed by atoms with Crippen molar-refractivity contribution in [3.63, 3.8) is 0 Å². The van der Waals surface area contributed by atoms with E-state index in [1.54, 1.807) is 30.2 Å². The lowest BCUT2D eigenvalue weighted by atomic mass is 10.1. The third kappa shape index (κ3) is 6.86. The first-order valence-electron chi connectivity index (χ1n) is 15.2. The van der Waals surface area contributed by atoms with Gasteiger partial charge >= 0.3 is 0 Å². The summed E-state index contributed by atoms with van der Waals surface area (Å²) in [6, 6.07) is 34.4. The molecule has 0 fully saturated rings. The number of hydrogen-bond donors (Lipinski definition) is 0. The molecule has 0 saturated heterocycles. The number of halogens is 1. The summed E-state index contributed by atoms with van der Waals surface area (Å²) in [5.74, 6) is 3.51. The monoisotopic (exact) mass is 751 g/mol. The lowest BCUT2D eigenvalue weighted by Gasteiger charge is -2.15. The van der Waals surface area contributed by atoms with E-state index in [1.165, 1.54) is 22.2 Å². The van der Waals surface area contributed by atoms with Crippen molar-refractivity contribution in [2.45, 2.75) is 41.3 Å². The van der Waals surface area contributed by atoms with Crippen LogP contribution in [-0.4, -0.2) is 31.8 Å². The summed E-state index contributed by atoms with van der Waals surface area (Å²) in [6.45, 7) is 4.46. The van der Waals surface area contributed by atoms with Crippen LogP contribution in [0.5, 0.6) is 11.5 Å². The van der Waals surface area contributed by atoms with Crippen molar-refractivity contribution in [2.75, 3.05) is 7.11 Å². The highest BCUT2D eigenvalue weighted by atomic mass is 79.9. The number of nitrogens with zero attached hydrogens (tertiary/aromatic N) is 5. The Bertz CT molecular complexity index is 2200. The molecule has 0 aliphatic carbocycles. The smallest absolute Gasteiger partial charge is 0.202 e.